The van der Waals surface area contributed by atoms with Crippen molar-refractivity contribution in [2.24, 2.45) is 0 Å². The minimum atomic E-state index is -0.969. The Labute approximate surface area is 150 Å². The molecule has 0 aliphatic carbocycles. The van der Waals surface area contributed by atoms with Gasteiger partial charge < -0.3 is 5.32 Å². The van der Waals surface area contributed by atoms with Crippen LogP contribution in [0.3, 0.4) is 0 Å². The van der Waals surface area contributed by atoms with Gasteiger partial charge >= 0.3 is 5.69 Å². The van der Waals surface area contributed by atoms with Crippen LogP contribution in [-0.4, -0.2) is 15.8 Å². The molecule has 3 aromatic rings. The summed E-state index contributed by atoms with van der Waals surface area (Å²) >= 11 is 3.08. The number of aryl methyl sites for hydroxylation is 1. The number of rotatable bonds is 5. The van der Waals surface area contributed by atoms with Crippen LogP contribution in [-0.2, 0) is 6.54 Å². The number of carbonyl (C=O) groups excluding carboxylic acids is 1. The smallest absolute Gasteiger partial charge is 0.305 e. The predicted octanol–water partition coefficient (Wildman–Crippen LogP) is 4.16. The Hall–Kier alpha value is -2.65. The molecule has 2 heterocycles. The van der Waals surface area contributed by atoms with Gasteiger partial charge in [0.15, 0.2) is 0 Å². The van der Waals surface area contributed by atoms with Gasteiger partial charge in [-0.2, -0.15) is 4.39 Å². The molecule has 0 bridgehead atoms. The summed E-state index contributed by atoms with van der Waals surface area (Å²) in [5.41, 5.74) is 0.226. The molecule has 0 aliphatic rings. The third-order valence-electron chi connectivity index (χ3n) is 3.36. The molecule has 25 heavy (non-hydrogen) atoms. The number of hydrogen-bond donors (Lipinski definition) is 1. The Morgan fingerprint density at radius 2 is 2.16 bits per heavy atom. The lowest BCUT2D eigenvalue weighted by atomic mass is 10.2. The van der Waals surface area contributed by atoms with Crippen LogP contribution in [0, 0.1) is 22.9 Å². The highest BCUT2D eigenvalue weighted by Gasteiger charge is 2.17. The van der Waals surface area contributed by atoms with Crippen molar-refractivity contribution < 1.29 is 14.1 Å². The van der Waals surface area contributed by atoms with E-state index in [0.717, 1.165) is 32.6 Å². The van der Waals surface area contributed by atoms with Crippen LogP contribution in [0.5, 0.6) is 0 Å². The molecule has 1 aromatic carbocycles. The standard InChI is InChI=1S/C16H12FN3O3S2/c1-9-19-13(8-24-9)15-5-3-11(25-15)7-18-16(21)10-2-4-12(17)14(6-10)20(22)23/h2-6,8H,7H2,1H3,(H,18,21). The number of nitrogens with zero attached hydrogens (tertiary/aromatic N) is 2. The van der Waals surface area contributed by atoms with Crippen LogP contribution in [0.2, 0.25) is 0 Å². The third kappa shape index (κ3) is 3.89. The van der Waals surface area contributed by atoms with Gasteiger partial charge in [0, 0.05) is 21.9 Å². The quantitative estimate of drug-likeness (QED) is 0.534. The first-order valence-electron chi connectivity index (χ1n) is 7.17. The molecule has 128 valence electrons. The van der Waals surface area contributed by atoms with E-state index >= 15 is 0 Å². The van der Waals surface area contributed by atoms with Crippen molar-refractivity contribution in [3.63, 3.8) is 0 Å². The Kier molecular flexibility index (Phi) is 4.86. The summed E-state index contributed by atoms with van der Waals surface area (Å²) in [6.45, 7) is 2.21. The van der Waals surface area contributed by atoms with Crippen molar-refractivity contribution >= 4 is 34.3 Å². The highest BCUT2D eigenvalue weighted by molar-refractivity contribution is 7.16. The van der Waals surface area contributed by atoms with E-state index in [4.69, 9.17) is 0 Å². The van der Waals surface area contributed by atoms with Crippen LogP contribution in [0.25, 0.3) is 10.6 Å². The molecule has 9 heteroatoms. The maximum Gasteiger partial charge on any atom is 0.305 e. The number of benzene rings is 1. The maximum atomic E-state index is 13.3. The normalized spacial score (nSPS) is 10.6. The SMILES string of the molecule is Cc1nc(-c2ccc(CNC(=O)c3ccc(F)c([N+](=O)[O-])c3)s2)cs1. The average Bonchev–Trinajstić information content (AvgIpc) is 3.21. The highest BCUT2D eigenvalue weighted by atomic mass is 32.1. The Morgan fingerprint density at radius 3 is 2.84 bits per heavy atom. The molecule has 6 nitrogen and oxygen atoms in total. The van der Waals surface area contributed by atoms with Crippen LogP contribution in [0.4, 0.5) is 10.1 Å². The number of halogens is 1. The molecule has 1 amide bonds. The van der Waals surface area contributed by atoms with E-state index in [2.05, 4.69) is 10.3 Å². The molecule has 0 radical (unpaired) electrons. The zero-order chi connectivity index (χ0) is 18.0. The van der Waals surface area contributed by atoms with E-state index in [1.54, 1.807) is 11.3 Å². The van der Waals surface area contributed by atoms with Gasteiger partial charge in [-0.3, -0.25) is 14.9 Å². The first kappa shape index (κ1) is 17.2. The zero-order valence-corrected chi connectivity index (χ0v) is 14.6. The Morgan fingerprint density at radius 1 is 1.36 bits per heavy atom. The number of carbonyl (C=O) groups is 1. The lowest BCUT2D eigenvalue weighted by molar-refractivity contribution is -0.387. The number of thiophene rings is 1. The van der Waals surface area contributed by atoms with Gasteiger partial charge in [0.25, 0.3) is 5.91 Å². The highest BCUT2D eigenvalue weighted by Crippen LogP contribution is 2.29. The van der Waals surface area contributed by atoms with E-state index in [0.29, 0.717) is 0 Å². The molecule has 0 saturated heterocycles. The summed E-state index contributed by atoms with van der Waals surface area (Å²) in [6, 6.07) is 6.89. The van der Waals surface area contributed by atoms with Gasteiger partial charge in [-0.25, -0.2) is 4.98 Å². The summed E-state index contributed by atoms with van der Waals surface area (Å²) in [5, 5.41) is 16.4. The molecule has 1 N–H and O–H groups in total. The number of amides is 1. The van der Waals surface area contributed by atoms with Gasteiger partial charge in [0.05, 0.1) is 27.0 Å². The third-order valence-corrected chi connectivity index (χ3v) is 5.24. The minimum Gasteiger partial charge on any atom is -0.347 e. The van der Waals surface area contributed by atoms with E-state index in [1.165, 1.54) is 17.4 Å². The Balaban J connectivity index is 1.68. The molecule has 0 atom stereocenters. The van der Waals surface area contributed by atoms with Gasteiger partial charge in [-0.15, -0.1) is 22.7 Å². The molecule has 0 spiro atoms. The number of aromatic nitrogens is 1. The average molecular weight is 377 g/mol. The fourth-order valence-electron chi connectivity index (χ4n) is 2.15. The van der Waals surface area contributed by atoms with Crippen molar-refractivity contribution in [1.29, 1.82) is 0 Å². The molecule has 0 unspecified atom stereocenters. The summed E-state index contributed by atoms with van der Waals surface area (Å²) in [4.78, 5) is 28.4. The summed E-state index contributed by atoms with van der Waals surface area (Å²) in [7, 11) is 0. The van der Waals surface area contributed by atoms with E-state index < -0.39 is 22.3 Å². The van der Waals surface area contributed by atoms with E-state index in [9.17, 15) is 19.3 Å². The molecule has 0 saturated carbocycles. The number of nitrogens with one attached hydrogen (secondary N) is 1. The zero-order valence-electron chi connectivity index (χ0n) is 13.0. The van der Waals surface area contributed by atoms with E-state index in [1.807, 2.05) is 24.4 Å². The first-order valence-corrected chi connectivity index (χ1v) is 8.87. The fraction of sp³-hybridized carbons (Fsp3) is 0.125. The predicted molar refractivity (Wildman–Crippen MR) is 94.4 cm³/mol. The summed E-state index contributed by atoms with van der Waals surface area (Å²) in [6.07, 6.45) is 0. The van der Waals surface area contributed by atoms with Crippen molar-refractivity contribution in [2.45, 2.75) is 13.5 Å². The number of nitro groups is 1. The summed E-state index contributed by atoms with van der Waals surface area (Å²) in [5.74, 6) is -1.47. The number of nitro benzene ring substituents is 1. The molecule has 0 fully saturated rings. The van der Waals surface area contributed by atoms with Crippen LogP contribution >= 0.6 is 22.7 Å². The second kappa shape index (κ2) is 7.08. The minimum absolute atomic E-state index is 0.0417. The summed E-state index contributed by atoms with van der Waals surface area (Å²) < 4.78 is 13.3. The Bertz CT molecular complexity index is 952. The first-order chi connectivity index (χ1) is 11.9. The molecular formula is C16H12FN3O3S2. The largest absolute Gasteiger partial charge is 0.347 e. The fourth-order valence-corrected chi connectivity index (χ4v) is 3.75. The van der Waals surface area contributed by atoms with Crippen molar-refractivity contribution in [3.8, 4) is 10.6 Å². The van der Waals surface area contributed by atoms with E-state index in [-0.39, 0.29) is 12.1 Å². The van der Waals surface area contributed by atoms with Crippen LogP contribution < -0.4 is 5.32 Å². The molecule has 3 rings (SSSR count). The van der Waals surface area contributed by atoms with Gasteiger partial charge in [0.2, 0.25) is 5.82 Å². The lowest BCUT2D eigenvalue weighted by Crippen LogP contribution is -2.22. The van der Waals surface area contributed by atoms with Gasteiger partial charge in [-0.1, -0.05) is 0 Å². The van der Waals surface area contributed by atoms with Crippen molar-refractivity contribution in [3.05, 3.63) is 67.1 Å². The topological polar surface area (TPSA) is 85.1 Å². The second-order valence-electron chi connectivity index (χ2n) is 5.12. The van der Waals surface area contributed by atoms with Crippen molar-refractivity contribution in [1.82, 2.24) is 10.3 Å². The molecule has 2 aromatic heterocycles. The lowest BCUT2D eigenvalue weighted by Gasteiger charge is -2.04. The van der Waals surface area contributed by atoms with Gasteiger partial charge in [0.1, 0.15) is 0 Å². The second-order valence-corrected chi connectivity index (χ2v) is 7.35. The van der Waals surface area contributed by atoms with Crippen molar-refractivity contribution in [2.75, 3.05) is 0 Å². The van der Waals surface area contributed by atoms with Crippen LogP contribution in [0.15, 0.2) is 35.7 Å². The number of thiazole rings is 1. The van der Waals surface area contributed by atoms with Gasteiger partial charge in [-0.05, 0) is 31.2 Å². The molecule has 0 aliphatic heterocycles. The maximum absolute atomic E-state index is 13.3. The van der Waals surface area contributed by atoms with Crippen LogP contribution in [0.1, 0.15) is 20.2 Å². The number of hydrogen-bond acceptors (Lipinski definition) is 6. The monoisotopic (exact) mass is 377 g/mol. The molecular weight excluding hydrogens is 365 g/mol.